The van der Waals surface area contributed by atoms with E-state index in [1.165, 1.54) is 24.6 Å². The summed E-state index contributed by atoms with van der Waals surface area (Å²) in [5.41, 5.74) is 0. The Balaban J connectivity index is 2.63. The number of esters is 1. The highest BCUT2D eigenvalue weighted by atomic mass is 32.1. The van der Waals surface area contributed by atoms with E-state index in [9.17, 15) is 4.79 Å². The molecule has 0 aliphatic rings. The summed E-state index contributed by atoms with van der Waals surface area (Å²) in [6.45, 7) is 4.19. The lowest BCUT2D eigenvalue weighted by Gasteiger charge is -1.94. The average molecular weight is 198 g/mol. The van der Waals surface area contributed by atoms with E-state index < -0.39 is 0 Å². The van der Waals surface area contributed by atoms with Crippen LogP contribution in [-0.2, 0) is 4.74 Å². The standard InChI is InChI=1S/C8H10N2O2S/c1-3-4-9-8-10-5-6(13-8)7(11)12-2/h3,5H,1,4H2,2H3,(H,9,10). The highest BCUT2D eigenvalue weighted by Gasteiger charge is 2.09. The van der Waals surface area contributed by atoms with Crippen molar-refractivity contribution in [3.63, 3.8) is 0 Å². The Morgan fingerprint density at radius 3 is 3.31 bits per heavy atom. The third kappa shape index (κ3) is 2.55. The Labute approximate surface area is 80.3 Å². The van der Waals surface area contributed by atoms with Crippen molar-refractivity contribution in [1.82, 2.24) is 4.98 Å². The zero-order chi connectivity index (χ0) is 9.68. The summed E-state index contributed by atoms with van der Waals surface area (Å²) in [5, 5.41) is 3.67. The Morgan fingerprint density at radius 1 is 1.92 bits per heavy atom. The van der Waals surface area contributed by atoms with Crippen molar-refractivity contribution in [2.45, 2.75) is 0 Å². The lowest BCUT2D eigenvalue weighted by Crippen LogP contribution is -1.97. The molecule has 5 heteroatoms. The fourth-order valence-corrected chi connectivity index (χ4v) is 1.45. The van der Waals surface area contributed by atoms with Gasteiger partial charge in [0.2, 0.25) is 0 Å². The molecule has 1 aromatic rings. The van der Waals surface area contributed by atoms with E-state index in [-0.39, 0.29) is 5.97 Å². The molecule has 4 nitrogen and oxygen atoms in total. The first-order valence-electron chi connectivity index (χ1n) is 3.67. The number of nitrogens with one attached hydrogen (secondary N) is 1. The molecule has 70 valence electrons. The van der Waals surface area contributed by atoms with Gasteiger partial charge in [0.15, 0.2) is 5.13 Å². The van der Waals surface area contributed by atoms with E-state index in [1.807, 2.05) is 0 Å². The first-order valence-corrected chi connectivity index (χ1v) is 4.48. The number of aromatic nitrogens is 1. The topological polar surface area (TPSA) is 51.2 Å². The van der Waals surface area contributed by atoms with E-state index in [2.05, 4.69) is 21.6 Å². The van der Waals surface area contributed by atoms with Gasteiger partial charge in [-0.15, -0.1) is 6.58 Å². The molecule has 0 bridgehead atoms. The molecule has 0 spiro atoms. The highest BCUT2D eigenvalue weighted by molar-refractivity contribution is 7.17. The molecule has 1 N–H and O–H groups in total. The van der Waals surface area contributed by atoms with Gasteiger partial charge in [0, 0.05) is 6.54 Å². The monoisotopic (exact) mass is 198 g/mol. The molecule has 1 heterocycles. The number of thiazole rings is 1. The Kier molecular flexibility index (Phi) is 3.45. The zero-order valence-electron chi connectivity index (χ0n) is 7.24. The molecule has 0 aromatic carbocycles. The van der Waals surface area contributed by atoms with Gasteiger partial charge < -0.3 is 10.1 Å². The van der Waals surface area contributed by atoms with Crippen molar-refractivity contribution < 1.29 is 9.53 Å². The third-order valence-electron chi connectivity index (χ3n) is 1.29. The van der Waals surface area contributed by atoms with Crippen molar-refractivity contribution in [2.75, 3.05) is 19.0 Å². The maximum atomic E-state index is 11.0. The molecule has 0 saturated carbocycles. The minimum absolute atomic E-state index is 0.357. The minimum Gasteiger partial charge on any atom is -0.465 e. The largest absolute Gasteiger partial charge is 0.465 e. The number of nitrogens with zero attached hydrogens (tertiary/aromatic N) is 1. The molecule has 0 radical (unpaired) electrons. The summed E-state index contributed by atoms with van der Waals surface area (Å²) in [5.74, 6) is -0.357. The summed E-state index contributed by atoms with van der Waals surface area (Å²) in [6, 6.07) is 0. The Bertz CT molecular complexity index is 309. The second kappa shape index (κ2) is 4.61. The summed E-state index contributed by atoms with van der Waals surface area (Å²) >= 11 is 1.26. The van der Waals surface area contributed by atoms with Crippen molar-refractivity contribution in [3.8, 4) is 0 Å². The molecule has 0 aliphatic carbocycles. The molecule has 13 heavy (non-hydrogen) atoms. The van der Waals surface area contributed by atoms with Gasteiger partial charge in [-0.05, 0) is 0 Å². The zero-order valence-corrected chi connectivity index (χ0v) is 8.06. The second-order valence-corrected chi connectivity index (χ2v) is 3.22. The number of anilines is 1. The van der Waals surface area contributed by atoms with E-state index in [1.54, 1.807) is 6.08 Å². The van der Waals surface area contributed by atoms with Crippen LogP contribution in [0.5, 0.6) is 0 Å². The lowest BCUT2D eigenvalue weighted by atomic mass is 10.6. The summed E-state index contributed by atoms with van der Waals surface area (Å²) in [4.78, 5) is 15.5. The SMILES string of the molecule is C=CCNc1ncc(C(=O)OC)s1. The lowest BCUT2D eigenvalue weighted by molar-refractivity contribution is 0.0606. The maximum Gasteiger partial charge on any atom is 0.349 e. The number of carbonyl (C=O) groups is 1. The van der Waals surface area contributed by atoms with E-state index in [0.29, 0.717) is 16.6 Å². The minimum atomic E-state index is -0.357. The van der Waals surface area contributed by atoms with Crippen LogP contribution in [-0.4, -0.2) is 24.6 Å². The maximum absolute atomic E-state index is 11.0. The predicted molar refractivity (Wildman–Crippen MR) is 52.1 cm³/mol. The van der Waals surface area contributed by atoms with Gasteiger partial charge in [0.1, 0.15) is 4.88 Å². The smallest absolute Gasteiger partial charge is 0.349 e. The van der Waals surface area contributed by atoms with Crippen LogP contribution in [0.15, 0.2) is 18.9 Å². The quantitative estimate of drug-likeness (QED) is 0.588. The van der Waals surface area contributed by atoms with Crippen LogP contribution in [0.25, 0.3) is 0 Å². The molecular formula is C8H10N2O2S. The van der Waals surface area contributed by atoms with Crippen molar-refractivity contribution in [2.24, 2.45) is 0 Å². The van der Waals surface area contributed by atoms with Gasteiger partial charge in [-0.1, -0.05) is 17.4 Å². The molecule has 0 amide bonds. The molecule has 0 fully saturated rings. The van der Waals surface area contributed by atoms with E-state index in [4.69, 9.17) is 0 Å². The molecule has 1 aromatic heterocycles. The number of hydrogen-bond donors (Lipinski definition) is 1. The first-order chi connectivity index (χ1) is 6.27. The Morgan fingerprint density at radius 2 is 2.69 bits per heavy atom. The number of carbonyl (C=O) groups excluding carboxylic acids is 1. The van der Waals surface area contributed by atoms with Crippen LogP contribution >= 0.6 is 11.3 Å². The van der Waals surface area contributed by atoms with Gasteiger partial charge >= 0.3 is 5.97 Å². The number of hydrogen-bond acceptors (Lipinski definition) is 5. The summed E-state index contributed by atoms with van der Waals surface area (Å²) < 4.78 is 4.54. The van der Waals surface area contributed by atoms with Crippen LogP contribution in [0, 0.1) is 0 Å². The van der Waals surface area contributed by atoms with Crippen LogP contribution in [0.1, 0.15) is 9.67 Å². The second-order valence-electron chi connectivity index (χ2n) is 2.19. The predicted octanol–water partition coefficient (Wildman–Crippen LogP) is 1.53. The van der Waals surface area contributed by atoms with Gasteiger partial charge in [0.05, 0.1) is 13.3 Å². The van der Waals surface area contributed by atoms with Crippen molar-refractivity contribution in [1.29, 1.82) is 0 Å². The summed E-state index contributed by atoms with van der Waals surface area (Å²) in [7, 11) is 1.35. The van der Waals surface area contributed by atoms with Crippen molar-refractivity contribution >= 4 is 22.4 Å². The molecule has 0 aliphatic heterocycles. The molecule has 0 saturated heterocycles. The van der Waals surface area contributed by atoms with Crippen LogP contribution in [0.4, 0.5) is 5.13 Å². The van der Waals surface area contributed by atoms with Gasteiger partial charge in [-0.2, -0.15) is 0 Å². The first kappa shape index (κ1) is 9.73. The number of ether oxygens (including phenoxy) is 1. The van der Waals surface area contributed by atoms with E-state index in [0.717, 1.165) is 0 Å². The summed E-state index contributed by atoms with van der Waals surface area (Å²) in [6.07, 6.45) is 3.21. The molecular weight excluding hydrogens is 188 g/mol. The van der Waals surface area contributed by atoms with Crippen LogP contribution in [0.2, 0.25) is 0 Å². The average Bonchev–Trinajstić information content (AvgIpc) is 2.62. The highest BCUT2D eigenvalue weighted by Crippen LogP contribution is 2.18. The van der Waals surface area contributed by atoms with Gasteiger partial charge in [0.25, 0.3) is 0 Å². The third-order valence-corrected chi connectivity index (χ3v) is 2.22. The normalized spacial score (nSPS) is 9.31. The number of rotatable bonds is 4. The molecule has 0 atom stereocenters. The van der Waals surface area contributed by atoms with Crippen LogP contribution in [0.3, 0.4) is 0 Å². The fraction of sp³-hybridized carbons (Fsp3) is 0.250. The fourth-order valence-electron chi connectivity index (χ4n) is 0.710. The van der Waals surface area contributed by atoms with Crippen molar-refractivity contribution in [3.05, 3.63) is 23.7 Å². The molecule has 0 unspecified atom stereocenters. The number of methoxy groups -OCH3 is 1. The Hall–Kier alpha value is -1.36. The molecule has 1 rings (SSSR count). The van der Waals surface area contributed by atoms with E-state index >= 15 is 0 Å². The van der Waals surface area contributed by atoms with Gasteiger partial charge in [-0.3, -0.25) is 0 Å². The van der Waals surface area contributed by atoms with Gasteiger partial charge in [-0.25, -0.2) is 9.78 Å². The van der Waals surface area contributed by atoms with Crippen LogP contribution < -0.4 is 5.32 Å².